The molecule has 1 heterocycles. The van der Waals surface area contributed by atoms with Gasteiger partial charge < -0.3 is 4.74 Å². The van der Waals surface area contributed by atoms with Crippen LogP contribution in [0.5, 0.6) is 5.75 Å². The van der Waals surface area contributed by atoms with E-state index in [-0.39, 0.29) is 0 Å². The van der Waals surface area contributed by atoms with Crippen molar-refractivity contribution in [1.82, 2.24) is 9.97 Å². The summed E-state index contributed by atoms with van der Waals surface area (Å²) in [4.78, 5) is 9.80. The molecule has 0 bridgehead atoms. The lowest BCUT2D eigenvalue weighted by atomic mass is 10.0. The molecule has 3 aromatic carbocycles. The van der Waals surface area contributed by atoms with Crippen molar-refractivity contribution in [2.24, 2.45) is 0 Å². The molecular formula is C23H20N2O. The van der Waals surface area contributed by atoms with E-state index in [1.165, 1.54) is 5.56 Å². The predicted molar refractivity (Wildman–Crippen MR) is 106 cm³/mol. The summed E-state index contributed by atoms with van der Waals surface area (Å²) in [6, 6.07) is 22.5. The van der Waals surface area contributed by atoms with Gasteiger partial charge in [-0.15, -0.1) is 0 Å². The van der Waals surface area contributed by atoms with Gasteiger partial charge in [-0.25, -0.2) is 9.97 Å². The number of nitrogens with zero attached hydrogens (tertiary/aromatic N) is 2. The Bertz CT molecular complexity index is 1100. The molecule has 0 aliphatic heterocycles. The van der Waals surface area contributed by atoms with Crippen molar-refractivity contribution in [2.75, 3.05) is 7.11 Å². The highest BCUT2D eigenvalue weighted by Gasteiger charge is 2.14. The zero-order chi connectivity index (χ0) is 18.1. The van der Waals surface area contributed by atoms with E-state index in [9.17, 15) is 0 Å². The molecule has 0 saturated carbocycles. The lowest BCUT2D eigenvalue weighted by molar-refractivity contribution is 0.415. The molecule has 3 nitrogen and oxygen atoms in total. The monoisotopic (exact) mass is 340 g/mol. The van der Waals surface area contributed by atoms with Crippen LogP contribution in [0.3, 0.4) is 0 Å². The normalized spacial score (nSPS) is 10.9. The largest absolute Gasteiger partial charge is 0.497 e. The van der Waals surface area contributed by atoms with Crippen LogP contribution in [0.1, 0.15) is 11.1 Å². The van der Waals surface area contributed by atoms with Crippen LogP contribution in [0.4, 0.5) is 0 Å². The number of aromatic nitrogens is 2. The summed E-state index contributed by atoms with van der Waals surface area (Å²) in [6.07, 6.45) is 0. The molecule has 0 spiro atoms. The van der Waals surface area contributed by atoms with Gasteiger partial charge in [0, 0.05) is 16.5 Å². The molecule has 0 atom stereocenters. The smallest absolute Gasteiger partial charge is 0.160 e. The molecule has 4 aromatic rings. The second kappa shape index (κ2) is 6.60. The van der Waals surface area contributed by atoms with Crippen molar-refractivity contribution >= 4 is 10.9 Å². The fourth-order valence-electron chi connectivity index (χ4n) is 3.22. The highest BCUT2D eigenvalue weighted by atomic mass is 16.5. The van der Waals surface area contributed by atoms with Gasteiger partial charge in [0.15, 0.2) is 5.82 Å². The Morgan fingerprint density at radius 3 is 2.04 bits per heavy atom. The van der Waals surface area contributed by atoms with Gasteiger partial charge in [-0.2, -0.15) is 0 Å². The predicted octanol–water partition coefficient (Wildman–Crippen LogP) is 5.59. The second-order valence-corrected chi connectivity index (χ2v) is 6.41. The van der Waals surface area contributed by atoms with Gasteiger partial charge in [0.2, 0.25) is 0 Å². The standard InChI is InChI=1S/C23H20N2O/c1-15-8-4-6-10-18(15)22-20-14-17(26-3)12-13-21(20)24-23(25-22)19-11-7-5-9-16(19)2/h4-14H,1-3H3. The first kappa shape index (κ1) is 16.3. The lowest BCUT2D eigenvalue weighted by Crippen LogP contribution is -1.98. The van der Waals surface area contributed by atoms with E-state index >= 15 is 0 Å². The number of methoxy groups -OCH3 is 1. The van der Waals surface area contributed by atoms with E-state index in [0.717, 1.165) is 44.9 Å². The molecule has 0 fully saturated rings. The van der Waals surface area contributed by atoms with Crippen LogP contribution in [0, 0.1) is 13.8 Å². The Morgan fingerprint density at radius 1 is 0.731 bits per heavy atom. The number of fused-ring (bicyclic) bond motifs is 1. The third-order valence-corrected chi connectivity index (χ3v) is 4.69. The second-order valence-electron chi connectivity index (χ2n) is 6.41. The molecule has 0 radical (unpaired) electrons. The van der Waals surface area contributed by atoms with Gasteiger partial charge >= 0.3 is 0 Å². The number of rotatable bonds is 3. The molecular weight excluding hydrogens is 320 g/mol. The molecule has 0 unspecified atom stereocenters. The van der Waals surface area contributed by atoms with Crippen LogP contribution < -0.4 is 4.74 Å². The molecule has 4 rings (SSSR count). The fraction of sp³-hybridized carbons (Fsp3) is 0.130. The Hall–Kier alpha value is -3.20. The number of ether oxygens (including phenoxy) is 1. The average Bonchev–Trinajstić information content (AvgIpc) is 2.67. The summed E-state index contributed by atoms with van der Waals surface area (Å²) in [7, 11) is 1.68. The Labute approximate surface area is 153 Å². The molecule has 0 aliphatic carbocycles. The molecule has 0 aliphatic rings. The molecule has 128 valence electrons. The quantitative estimate of drug-likeness (QED) is 0.488. The molecule has 0 saturated heterocycles. The van der Waals surface area contributed by atoms with E-state index in [1.54, 1.807) is 7.11 Å². The highest BCUT2D eigenvalue weighted by Crippen LogP contribution is 2.33. The van der Waals surface area contributed by atoms with E-state index in [1.807, 2.05) is 42.5 Å². The topological polar surface area (TPSA) is 35.0 Å². The average molecular weight is 340 g/mol. The Morgan fingerprint density at radius 2 is 1.38 bits per heavy atom. The zero-order valence-corrected chi connectivity index (χ0v) is 15.2. The van der Waals surface area contributed by atoms with E-state index < -0.39 is 0 Å². The first-order valence-corrected chi connectivity index (χ1v) is 8.65. The van der Waals surface area contributed by atoms with Gasteiger partial charge in [0.25, 0.3) is 0 Å². The summed E-state index contributed by atoms with van der Waals surface area (Å²) in [5, 5.41) is 0.996. The third kappa shape index (κ3) is 2.82. The SMILES string of the molecule is COc1ccc2nc(-c3ccccc3C)nc(-c3ccccc3C)c2c1. The van der Waals surface area contributed by atoms with Crippen molar-refractivity contribution in [3.8, 4) is 28.4 Å². The van der Waals surface area contributed by atoms with Crippen LogP contribution in [0.25, 0.3) is 33.5 Å². The molecule has 1 aromatic heterocycles. The van der Waals surface area contributed by atoms with Gasteiger partial charge in [-0.3, -0.25) is 0 Å². The fourth-order valence-corrected chi connectivity index (χ4v) is 3.22. The summed E-state index contributed by atoms with van der Waals surface area (Å²) < 4.78 is 5.42. The number of hydrogen-bond donors (Lipinski definition) is 0. The van der Waals surface area contributed by atoms with Crippen molar-refractivity contribution in [2.45, 2.75) is 13.8 Å². The van der Waals surface area contributed by atoms with Crippen molar-refractivity contribution in [1.29, 1.82) is 0 Å². The third-order valence-electron chi connectivity index (χ3n) is 4.69. The highest BCUT2D eigenvalue weighted by molar-refractivity contribution is 5.95. The van der Waals surface area contributed by atoms with Crippen LogP contribution >= 0.6 is 0 Å². The van der Waals surface area contributed by atoms with Crippen LogP contribution in [0.2, 0.25) is 0 Å². The first-order chi connectivity index (χ1) is 12.7. The molecule has 3 heteroatoms. The number of hydrogen-bond acceptors (Lipinski definition) is 3. The molecule has 26 heavy (non-hydrogen) atoms. The minimum absolute atomic E-state index is 0.749. The van der Waals surface area contributed by atoms with Crippen LogP contribution in [-0.4, -0.2) is 17.1 Å². The van der Waals surface area contributed by atoms with Gasteiger partial charge in [0.1, 0.15) is 5.75 Å². The number of benzene rings is 3. The van der Waals surface area contributed by atoms with Crippen molar-refractivity contribution in [3.05, 3.63) is 77.9 Å². The maximum Gasteiger partial charge on any atom is 0.160 e. The Kier molecular flexibility index (Phi) is 4.13. The summed E-state index contributed by atoms with van der Waals surface area (Å²) in [6.45, 7) is 4.20. The maximum atomic E-state index is 5.42. The molecule has 0 amide bonds. The minimum Gasteiger partial charge on any atom is -0.497 e. The van der Waals surface area contributed by atoms with E-state index in [0.29, 0.717) is 0 Å². The zero-order valence-electron chi connectivity index (χ0n) is 15.2. The summed E-state index contributed by atoms with van der Waals surface area (Å²) in [5.74, 6) is 1.55. The number of aryl methyl sites for hydroxylation is 2. The Balaban J connectivity index is 2.06. The van der Waals surface area contributed by atoms with Gasteiger partial charge in [-0.1, -0.05) is 48.5 Å². The molecule has 0 N–H and O–H groups in total. The maximum absolute atomic E-state index is 5.42. The van der Waals surface area contributed by atoms with Crippen LogP contribution in [0.15, 0.2) is 66.7 Å². The van der Waals surface area contributed by atoms with E-state index in [2.05, 4.69) is 38.1 Å². The summed E-state index contributed by atoms with van der Waals surface area (Å²) in [5.41, 5.74) is 6.37. The van der Waals surface area contributed by atoms with Crippen LogP contribution in [-0.2, 0) is 0 Å². The van der Waals surface area contributed by atoms with Crippen molar-refractivity contribution < 1.29 is 4.74 Å². The lowest BCUT2D eigenvalue weighted by Gasteiger charge is -2.13. The summed E-state index contributed by atoms with van der Waals surface area (Å²) >= 11 is 0. The van der Waals surface area contributed by atoms with Crippen molar-refractivity contribution in [3.63, 3.8) is 0 Å². The van der Waals surface area contributed by atoms with Gasteiger partial charge in [-0.05, 0) is 43.2 Å². The minimum atomic E-state index is 0.749. The van der Waals surface area contributed by atoms with E-state index in [4.69, 9.17) is 14.7 Å². The van der Waals surface area contributed by atoms with Gasteiger partial charge in [0.05, 0.1) is 18.3 Å². The first-order valence-electron chi connectivity index (χ1n) is 8.65.